The number of benzene rings is 2. The molecule has 1 heterocycles. The summed E-state index contributed by atoms with van der Waals surface area (Å²) in [5.41, 5.74) is 7.52. The van der Waals surface area contributed by atoms with Crippen LogP contribution in [0.25, 0.3) is 10.9 Å². The van der Waals surface area contributed by atoms with Gasteiger partial charge in [0.2, 0.25) is 5.95 Å². The van der Waals surface area contributed by atoms with Crippen molar-refractivity contribution in [3.8, 4) is 5.75 Å². The first kappa shape index (κ1) is 23.9. The van der Waals surface area contributed by atoms with Gasteiger partial charge < -0.3 is 26.0 Å². The average Bonchev–Trinajstić information content (AvgIpc) is 2.84. The SMILES string of the molecule is COc1cc(N)c(Cl)cc1C(=O)NCC1CCC(Nc2nc(N(C)C)c3ccccc3n2)CC1. The highest BCUT2D eigenvalue weighted by molar-refractivity contribution is 6.33. The van der Waals surface area contributed by atoms with Crippen LogP contribution < -0.4 is 26.0 Å². The molecule has 4 rings (SSSR count). The lowest BCUT2D eigenvalue weighted by molar-refractivity contribution is 0.0940. The van der Waals surface area contributed by atoms with Gasteiger partial charge in [-0.25, -0.2) is 4.98 Å². The highest BCUT2D eigenvalue weighted by Gasteiger charge is 2.23. The summed E-state index contributed by atoms with van der Waals surface area (Å²) in [6, 6.07) is 11.5. The molecule has 1 aliphatic rings. The van der Waals surface area contributed by atoms with Gasteiger partial charge in [0.05, 0.1) is 28.9 Å². The molecule has 0 spiro atoms. The minimum absolute atomic E-state index is 0.209. The molecule has 0 radical (unpaired) electrons. The number of nitrogen functional groups attached to an aromatic ring is 1. The van der Waals surface area contributed by atoms with E-state index in [1.54, 1.807) is 12.1 Å². The predicted molar refractivity (Wildman–Crippen MR) is 138 cm³/mol. The molecule has 0 saturated heterocycles. The molecule has 9 heteroatoms. The monoisotopic (exact) mass is 482 g/mol. The Bertz CT molecular complexity index is 1180. The van der Waals surface area contributed by atoms with E-state index >= 15 is 0 Å². The van der Waals surface area contributed by atoms with Crippen LogP contribution in [0, 0.1) is 5.92 Å². The zero-order chi connectivity index (χ0) is 24.2. The lowest BCUT2D eigenvalue weighted by Crippen LogP contribution is -2.34. The van der Waals surface area contributed by atoms with Crippen LogP contribution in [0.3, 0.4) is 0 Å². The number of carbonyl (C=O) groups is 1. The topological polar surface area (TPSA) is 105 Å². The molecule has 4 N–H and O–H groups in total. The normalized spacial score (nSPS) is 17.9. The van der Waals surface area contributed by atoms with Crippen LogP contribution in [-0.2, 0) is 0 Å². The van der Waals surface area contributed by atoms with E-state index in [4.69, 9.17) is 32.0 Å². The summed E-state index contributed by atoms with van der Waals surface area (Å²) in [6.45, 7) is 0.605. The predicted octanol–water partition coefficient (Wildman–Crippen LogP) is 4.34. The van der Waals surface area contributed by atoms with Crippen molar-refractivity contribution in [3.05, 3.63) is 47.0 Å². The van der Waals surface area contributed by atoms with Gasteiger partial charge in [-0.05, 0) is 49.8 Å². The Morgan fingerprint density at radius 1 is 1.18 bits per heavy atom. The molecular weight excluding hydrogens is 452 g/mol. The third kappa shape index (κ3) is 5.28. The molecule has 8 nitrogen and oxygen atoms in total. The van der Waals surface area contributed by atoms with Crippen molar-refractivity contribution < 1.29 is 9.53 Å². The molecule has 1 saturated carbocycles. The van der Waals surface area contributed by atoms with Gasteiger partial charge in [0.15, 0.2) is 0 Å². The van der Waals surface area contributed by atoms with Crippen LogP contribution >= 0.6 is 11.6 Å². The zero-order valence-electron chi connectivity index (χ0n) is 19.8. The summed E-state index contributed by atoms with van der Waals surface area (Å²) in [5, 5.41) is 7.93. The Hall–Kier alpha value is -3.26. The maximum absolute atomic E-state index is 12.7. The lowest BCUT2D eigenvalue weighted by Gasteiger charge is -2.29. The minimum atomic E-state index is -0.209. The number of methoxy groups -OCH3 is 1. The van der Waals surface area contributed by atoms with Gasteiger partial charge in [-0.1, -0.05) is 23.7 Å². The third-order valence-electron chi connectivity index (χ3n) is 6.30. The van der Waals surface area contributed by atoms with E-state index < -0.39 is 0 Å². The number of amides is 1. The second kappa shape index (κ2) is 10.3. The van der Waals surface area contributed by atoms with Gasteiger partial charge in [-0.2, -0.15) is 4.98 Å². The number of aromatic nitrogens is 2. The second-order valence-corrected chi connectivity index (χ2v) is 9.34. The van der Waals surface area contributed by atoms with E-state index in [1.807, 2.05) is 43.3 Å². The summed E-state index contributed by atoms with van der Waals surface area (Å²) in [4.78, 5) is 24.2. The number of nitrogens with two attached hydrogens (primary N) is 1. The summed E-state index contributed by atoms with van der Waals surface area (Å²) in [6.07, 6.45) is 3.99. The molecule has 0 bridgehead atoms. The Balaban J connectivity index is 1.33. The molecule has 1 aliphatic carbocycles. The van der Waals surface area contributed by atoms with E-state index in [9.17, 15) is 4.79 Å². The van der Waals surface area contributed by atoms with Crippen molar-refractivity contribution >= 4 is 45.9 Å². The van der Waals surface area contributed by atoms with Crippen LogP contribution in [0.1, 0.15) is 36.0 Å². The fourth-order valence-electron chi connectivity index (χ4n) is 4.41. The molecule has 34 heavy (non-hydrogen) atoms. The number of hydrogen-bond acceptors (Lipinski definition) is 7. The molecule has 0 atom stereocenters. The van der Waals surface area contributed by atoms with Gasteiger partial charge in [-0.15, -0.1) is 0 Å². The average molecular weight is 483 g/mol. The Morgan fingerprint density at radius 3 is 2.62 bits per heavy atom. The van der Waals surface area contributed by atoms with Crippen LogP contribution in [0.5, 0.6) is 5.75 Å². The molecule has 1 aromatic heterocycles. The van der Waals surface area contributed by atoms with Crippen molar-refractivity contribution in [2.45, 2.75) is 31.7 Å². The van der Waals surface area contributed by atoms with Gasteiger partial charge in [0.25, 0.3) is 5.91 Å². The van der Waals surface area contributed by atoms with Crippen molar-refractivity contribution in [1.29, 1.82) is 0 Å². The number of ether oxygens (including phenoxy) is 1. The van der Waals surface area contributed by atoms with Crippen LogP contribution in [0.4, 0.5) is 17.5 Å². The Labute approximate surface area is 204 Å². The maximum atomic E-state index is 12.7. The van der Waals surface area contributed by atoms with E-state index in [0.29, 0.717) is 46.5 Å². The molecule has 1 amide bonds. The molecule has 180 valence electrons. The number of nitrogens with one attached hydrogen (secondary N) is 2. The van der Waals surface area contributed by atoms with Crippen LogP contribution in [0.15, 0.2) is 36.4 Å². The van der Waals surface area contributed by atoms with E-state index in [-0.39, 0.29) is 5.91 Å². The van der Waals surface area contributed by atoms with E-state index in [2.05, 4.69) is 10.6 Å². The number of anilines is 3. The highest BCUT2D eigenvalue weighted by atomic mass is 35.5. The zero-order valence-corrected chi connectivity index (χ0v) is 20.5. The summed E-state index contributed by atoms with van der Waals surface area (Å²) in [5.74, 6) is 2.18. The first-order chi connectivity index (χ1) is 16.4. The number of hydrogen-bond donors (Lipinski definition) is 3. The fraction of sp³-hybridized carbons (Fsp3) is 0.400. The standard InChI is InChI=1S/C25H31ClN6O2/c1-32(2)23-17-6-4-5-7-21(17)30-25(31-23)29-16-10-8-15(9-11-16)14-28-24(33)18-12-19(26)20(27)13-22(18)34-3/h4-7,12-13,15-16H,8-11,14,27H2,1-3H3,(H,28,33)(H,29,30,31). The molecule has 1 fully saturated rings. The lowest BCUT2D eigenvalue weighted by atomic mass is 9.86. The summed E-state index contributed by atoms with van der Waals surface area (Å²) < 4.78 is 5.29. The number of rotatable bonds is 7. The number of halogens is 1. The van der Waals surface area contributed by atoms with Crippen LogP contribution in [0.2, 0.25) is 5.02 Å². The van der Waals surface area contributed by atoms with Crippen molar-refractivity contribution in [2.24, 2.45) is 5.92 Å². The number of carbonyl (C=O) groups excluding carboxylic acids is 1. The van der Waals surface area contributed by atoms with Crippen molar-refractivity contribution in [1.82, 2.24) is 15.3 Å². The van der Waals surface area contributed by atoms with Gasteiger partial charge in [0.1, 0.15) is 11.6 Å². The fourth-order valence-corrected chi connectivity index (χ4v) is 4.57. The molecule has 0 unspecified atom stereocenters. The Morgan fingerprint density at radius 2 is 1.91 bits per heavy atom. The number of fused-ring (bicyclic) bond motifs is 1. The van der Waals surface area contributed by atoms with Gasteiger partial charge in [-0.3, -0.25) is 4.79 Å². The van der Waals surface area contributed by atoms with E-state index in [1.165, 1.54) is 7.11 Å². The smallest absolute Gasteiger partial charge is 0.255 e. The molecule has 3 aromatic rings. The van der Waals surface area contributed by atoms with Crippen LogP contribution in [-0.4, -0.2) is 49.7 Å². The van der Waals surface area contributed by atoms with Crippen molar-refractivity contribution in [3.63, 3.8) is 0 Å². The Kier molecular flexibility index (Phi) is 7.26. The third-order valence-corrected chi connectivity index (χ3v) is 6.63. The molecule has 2 aromatic carbocycles. The second-order valence-electron chi connectivity index (χ2n) is 8.93. The van der Waals surface area contributed by atoms with E-state index in [0.717, 1.165) is 42.4 Å². The largest absolute Gasteiger partial charge is 0.496 e. The highest BCUT2D eigenvalue weighted by Crippen LogP contribution is 2.30. The molecular formula is C25H31ClN6O2. The quantitative estimate of drug-likeness (QED) is 0.430. The maximum Gasteiger partial charge on any atom is 0.255 e. The number of para-hydroxylation sites is 1. The number of nitrogens with zero attached hydrogens (tertiary/aromatic N) is 3. The summed E-state index contributed by atoms with van der Waals surface area (Å²) in [7, 11) is 5.49. The summed E-state index contributed by atoms with van der Waals surface area (Å²) >= 11 is 6.10. The first-order valence-corrected chi connectivity index (χ1v) is 11.9. The molecule has 0 aliphatic heterocycles. The van der Waals surface area contributed by atoms with Gasteiger partial charge >= 0.3 is 0 Å². The van der Waals surface area contributed by atoms with Gasteiger partial charge in [0, 0.05) is 38.1 Å². The minimum Gasteiger partial charge on any atom is -0.496 e. The van der Waals surface area contributed by atoms with Crippen molar-refractivity contribution in [2.75, 3.05) is 43.7 Å². The first-order valence-electron chi connectivity index (χ1n) is 11.5.